The SMILES string of the molecule is COc1cccc(-c2nc([C@@H]3Nc4ccccc4C(=O)N3C[C@H]3CCCO3)cs2)c1. The molecule has 2 aliphatic heterocycles. The molecule has 1 N–H and O–H groups in total. The highest BCUT2D eigenvalue weighted by Gasteiger charge is 2.36. The summed E-state index contributed by atoms with van der Waals surface area (Å²) in [5.41, 5.74) is 3.36. The summed E-state index contributed by atoms with van der Waals surface area (Å²) in [7, 11) is 1.66. The number of nitrogens with one attached hydrogen (secondary N) is 1. The monoisotopic (exact) mass is 421 g/mol. The second-order valence-corrected chi connectivity index (χ2v) is 8.35. The summed E-state index contributed by atoms with van der Waals surface area (Å²) in [6.45, 7) is 1.31. The Morgan fingerprint density at radius 3 is 3.00 bits per heavy atom. The van der Waals surface area contributed by atoms with E-state index in [0.29, 0.717) is 12.1 Å². The number of methoxy groups -OCH3 is 1. The molecule has 2 aliphatic rings. The van der Waals surface area contributed by atoms with Crippen molar-refractivity contribution in [1.82, 2.24) is 9.88 Å². The molecule has 1 saturated heterocycles. The lowest BCUT2D eigenvalue weighted by molar-refractivity contribution is 0.0423. The minimum Gasteiger partial charge on any atom is -0.497 e. The molecule has 2 aromatic carbocycles. The maximum Gasteiger partial charge on any atom is 0.257 e. The third-order valence-corrected chi connectivity index (χ3v) is 6.47. The van der Waals surface area contributed by atoms with Crippen molar-refractivity contribution in [3.8, 4) is 16.3 Å². The number of carbonyl (C=O) groups is 1. The van der Waals surface area contributed by atoms with Crippen LogP contribution in [0.25, 0.3) is 10.6 Å². The van der Waals surface area contributed by atoms with Gasteiger partial charge in [0, 0.05) is 29.8 Å². The molecule has 1 aromatic heterocycles. The van der Waals surface area contributed by atoms with E-state index in [0.717, 1.165) is 47.2 Å². The number of fused-ring (bicyclic) bond motifs is 1. The van der Waals surface area contributed by atoms with Gasteiger partial charge in [0.05, 0.1) is 24.5 Å². The van der Waals surface area contributed by atoms with Crippen molar-refractivity contribution in [1.29, 1.82) is 0 Å². The minimum atomic E-state index is -0.327. The van der Waals surface area contributed by atoms with Crippen LogP contribution in [0.2, 0.25) is 0 Å². The Kier molecular flexibility index (Phi) is 5.14. The van der Waals surface area contributed by atoms with E-state index in [4.69, 9.17) is 14.5 Å². The fraction of sp³-hybridized carbons (Fsp3) is 0.304. The number of hydrogen-bond donors (Lipinski definition) is 1. The molecule has 6 nitrogen and oxygen atoms in total. The Hall–Kier alpha value is -2.90. The van der Waals surface area contributed by atoms with Crippen LogP contribution < -0.4 is 10.1 Å². The maximum atomic E-state index is 13.3. The Morgan fingerprint density at radius 2 is 2.17 bits per heavy atom. The van der Waals surface area contributed by atoms with E-state index in [2.05, 4.69) is 5.32 Å². The van der Waals surface area contributed by atoms with Gasteiger partial charge < -0.3 is 19.7 Å². The number of carbonyl (C=O) groups excluding carboxylic acids is 1. The van der Waals surface area contributed by atoms with E-state index in [-0.39, 0.29) is 18.2 Å². The molecule has 0 spiro atoms. The van der Waals surface area contributed by atoms with Crippen molar-refractivity contribution in [2.45, 2.75) is 25.1 Å². The van der Waals surface area contributed by atoms with Crippen LogP contribution in [-0.2, 0) is 4.74 Å². The van der Waals surface area contributed by atoms with Gasteiger partial charge in [-0.3, -0.25) is 4.79 Å². The van der Waals surface area contributed by atoms with Crippen molar-refractivity contribution in [3.05, 3.63) is 65.2 Å². The molecule has 5 rings (SSSR count). The number of anilines is 1. The first-order valence-electron chi connectivity index (χ1n) is 10.1. The number of rotatable bonds is 5. The van der Waals surface area contributed by atoms with E-state index >= 15 is 0 Å². The fourth-order valence-corrected chi connectivity index (χ4v) is 4.86. The lowest BCUT2D eigenvalue weighted by Gasteiger charge is -2.38. The highest BCUT2D eigenvalue weighted by atomic mass is 32.1. The number of hydrogen-bond acceptors (Lipinski definition) is 6. The first-order chi connectivity index (χ1) is 14.7. The summed E-state index contributed by atoms with van der Waals surface area (Å²) in [4.78, 5) is 20.1. The molecule has 2 atom stereocenters. The zero-order chi connectivity index (χ0) is 20.5. The molecule has 0 radical (unpaired) electrons. The normalized spacial score (nSPS) is 20.7. The Morgan fingerprint density at radius 1 is 1.27 bits per heavy atom. The molecule has 0 bridgehead atoms. The molecule has 3 aromatic rings. The van der Waals surface area contributed by atoms with Gasteiger partial charge in [-0.1, -0.05) is 24.3 Å². The molecular formula is C23H23N3O3S. The topological polar surface area (TPSA) is 63.7 Å². The lowest BCUT2D eigenvalue weighted by Crippen LogP contribution is -2.46. The summed E-state index contributed by atoms with van der Waals surface area (Å²) in [5, 5.41) is 6.45. The summed E-state index contributed by atoms with van der Waals surface area (Å²) in [5.74, 6) is 0.810. The zero-order valence-corrected chi connectivity index (χ0v) is 17.5. The molecule has 154 valence electrons. The van der Waals surface area contributed by atoms with E-state index in [1.807, 2.05) is 58.8 Å². The van der Waals surface area contributed by atoms with Crippen molar-refractivity contribution < 1.29 is 14.3 Å². The number of thiazole rings is 1. The summed E-state index contributed by atoms with van der Waals surface area (Å²) < 4.78 is 11.2. The fourth-order valence-electron chi connectivity index (χ4n) is 4.02. The number of amides is 1. The molecule has 1 amide bonds. The largest absolute Gasteiger partial charge is 0.497 e. The van der Waals surface area contributed by atoms with E-state index in [1.54, 1.807) is 18.4 Å². The van der Waals surface area contributed by atoms with E-state index in [1.165, 1.54) is 0 Å². The van der Waals surface area contributed by atoms with Gasteiger partial charge in [0.15, 0.2) is 0 Å². The first-order valence-corrected chi connectivity index (χ1v) is 11.0. The van der Waals surface area contributed by atoms with Crippen LogP contribution in [0, 0.1) is 0 Å². The maximum absolute atomic E-state index is 13.3. The Bertz CT molecular complexity index is 1060. The molecule has 1 fully saturated rings. The minimum absolute atomic E-state index is 0.0146. The molecule has 0 saturated carbocycles. The van der Waals surface area contributed by atoms with Gasteiger partial charge in [0.2, 0.25) is 0 Å². The van der Waals surface area contributed by atoms with Gasteiger partial charge in [-0.2, -0.15) is 0 Å². The van der Waals surface area contributed by atoms with Crippen molar-refractivity contribution in [3.63, 3.8) is 0 Å². The van der Waals surface area contributed by atoms with Crippen LogP contribution in [0.3, 0.4) is 0 Å². The average molecular weight is 422 g/mol. The van der Waals surface area contributed by atoms with Gasteiger partial charge in [-0.25, -0.2) is 4.98 Å². The smallest absolute Gasteiger partial charge is 0.257 e. The van der Waals surface area contributed by atoms with Crippen molar-refractivity contribution in [2.75, 3.05) is 25.6 Å². The number of aromatic nitrogens is 1. The van der Waals surface area contributed by atoms with Crippen molar-refractivity contribution >= 4 is 22.9 Å². The second kappa shape index (κ2) is 8.08. The van der Waals surface area contributed by atoms with Gasteiger partial charge in [0.25, 0.3) is 5.91 Å². The second-order valence-electron chi connectivity index (χ2n) is 7.49. The third kappa shape index (κ3) is 3.55. The molecular weight excluding hydrogens is 398 g/mol. The van der Waals surface area contributed by atoms with E-state index in [9.17, 15) is 4.79 Å². The number of nitrogens with zero attached hydrogens (tertiary/aromatic N) is 2. The van der Waals surface area contributed by atoms with Crippen LogP contribution in [-0.4, -0.2) is 42.2 Å². The van der Waals surface area contributed by atoms with Crippen LogP contribution in [0.4, 0.5) is 5.69 Å². The van der Waals surface area contributed by atoms with Crippen molar-refractivity contribution in [2.24, 2.45) is 0 Å². The molecule has 3 heterocycles. The molecule has 7 heteroatoms. The number of ether oxygens (including phenoxy) is 2. The standard InChI is InChI=1S/C23H23N3O3S/c1-28-16-7-4-6-15(12-16)22-25-20(14-30-22)21-24-19-10-3-2-9-18(19)23(27)26(21)13-17-8-5-11-29-17/h2-4,6-7,9-10,12,14,17,21,24H,5,8,11,13H2,1H3/t17-,21-/m1/s1. The van der Waals surface area contributed by atoms with Gasteiger partial charge in [0.1, 0.15) is 16.9 Å². The lowest BCUT2D eigenvalue weighted by atomic mass is 10.1. The highest BCUT2D eigenvalue weighted by Crippen LogP contribution is 2.36. The van der Waals surface area contributed by atoms with E-state index < -0.39 is 0 Å². The van der Waals surface area contributed by atoms with Gasteiger partial charge in [-0.15, -0.1) is 11.3 Å². The molecule has 0 aliphatic carbocycles. The summed E-state index contributed by atoms with van der Waals surface area (Å²) >= 11 is 1.57. The van der Waals surface area contributed by atoms with Crippen LogP contribution in [0.15, 0.2) is 53.9 Å². The first kappa shape index (κ1) is 19.1. The Labute approximate surface area is 179 Å². The van der Waals surface area contributed by atoms with Crippen LogP contribution in [0.1, 0.15) is 35.1 Å². The summed E-state index contributed by atoms with van der Waals surface area (Å²) in [6.07, 6.45) is 1.76. The quantitative estimate of drug-likeness (QED) is 0.654. The summed E-state index contributed by atoms with van der Waals surface area (Å²) in [6, 6.07) is 15.5. The number of para-hydroxylation sites is 1. The predicted molar refractivity (Wildman–Crippen MR) is 117 cm³/mol. The molecule has 30 heavy (non-hydrogen) atoms. The third-order valence-electron chi connectivity index (χ3n) is 5.57. The van der Waals surface area contributed by atoms with Gasteiger partial charge >= 0.3 is 0 Å². The average Bonchev–Trinajstić information content (AvgIpc) is 3.48. The zero-order valence-electron chi connectivity index (χ0n) is 16.7. The molecule has 0 unspecified atom stereocenters. The number of benzene rings is 2. The van der Waals surface area contributed by atoms with Crippen LogP contribution in [0.5, 0.6) is 5.75 Å². The van der Waals surface area contributed by atoms with Gasteiger partial charge in [-0.05, 0) is 37.1 Å². The highest BCUT2D eigenvalue weighted by molar-refractivity contribution is 7.13. The van der Waals surface area contributed by atoms with Crippen LogP contribution >= 0.6 is 11.3 Å². The predicted octanol–water partition coefficient (Wildman–Crippen LogP) is 4.56. The Balaban J connectivity index is 1.49.